The first-order chi connectivity index (χ1) is 16.7. The topological polar surface area (TPSA) is 63.0 Å². The van der Waals surface area contributed by atoms with Crippen LogP contribution in [0.1, 0.15) is 51.9 Å². The zero-order chi connectivity index (χ0) is 23.3. The minimum absolute atomic E-state index is 0.146. The smallest absolute Gasteiger partial charge is 0.225 e. The van der Waals surface area contributed by atoms with Crippen molar-refractivity contribution in [1.29, 1.82) is 0 Å². The minimum Gasteiger partial charge on any atom is -0.494 e. The largest absolute Gasteiger partial charge is 0.494 e. The third-order valence-electron chi connectivity index (χ3n) is 7.10. The fourth-order valence-corrected chi connectivity index (χ4v) is 5.06. The molecule has 4 heterocycles. The molecule has 2 aliphatic rings. The van der Waals surface area contributed by atoms with E-state index in [4.69, 9.17) is 14.8 Å². The lowest BCUT2D eigenvalue weighted by Gasteiger charge is -2.36. The van der Waals surface area contributed by atoms with Crippen LogP contribution in [0, 0.1) is 5.92 Å². The highest BCUT2D eigenvalue weighted by atomic mass is 16.5. The molecule has 0 radical (unpaired) electrons. The van der Waals surface area contributed by atoms with Gasteiger partial charge in [-0.05, 0) is 68.9 Å². The van der Waals surface area contributed by atoms with Crippen molar-refractivity contribution < 1.29 is 9.53 Å². The number of nitrogens with zero attached hydrogens (tertiary/aromatic N) is 5. The van der Waals surface area contributed by atoms with Crippen LogP contribution in [0.4, 0.5) is 5.82 Å². The molecule has 34 heavy (non-hydrogen) atoms. The number of ether oxygens (including phenoxy) is 1. The van der Waals surface area contributed by atoms with Crippen molar-refractivity contribution in [2.24, 2.45) is 5.92 Å². The number of hydrogen-bond donors (Lipinski definition) is 0. The predicted molar refractivity (Wildman–Crippen MR) is 134 cm³/mol. The van der Waals surface area contributed by atoms with E-state index in [0.717, 1.165) is 99.7 Å². The second kappa shape index (κ2) is 10.5. The van der Waals surface area contributed by atoms with Crippen molar-refractivity contribution in [3.05, 3.63) is 42.7 Å². The Hall–Kier alpha value is -3.09. The van der Waals surface area contributed by atoms with Gasteiger partial charge in [0.2, 0.25) is 5.91 Å². The van der Waals surface area contributed by atoms with Gasteiger partial charge in [-0.2, -0.15) is 5.10 Å². The molecule has 0 N–H and O–H groups in total. The van der Waals surface area contributed by atoms with Gasteiger partial charge < -0.3 is 14.5 Å². The molecule has 0 aliphatic carbocycles. The third kappa shape index (κ3) is 4.88. The number of likely N-dealkylation sites (tertiary alicyclic amines) is 1. The molecule has 1 aromatic carbocycles. The van der Waals surface area contributed by atoms with Crippen LogP contribution in [0.25, 0.3) is 16.8 Å². The molecule has 180 valence electrons. The van der Waals surface area contributed by atoms with Gasteiger partial charge in [-0.3, -0.25) is 4.79 Å². The maximum atomic E-state index is 12.9. The number of fused-ring (bicyclic) bond motifs is 1. The summed E-state index contributed by atoms with van der Waals surface area (Å²) in [6.07, 6.45) is 11.2. The molecule has 7 heteroatoms. The lowest BCUT2D eigenvalue weighted by molar-refractivity contribution is -0.137. The van der Waals surface area contributed by atoms with E-state index >= 15 is 0 Å². The zero-order valence-corrected chi connectivity index (χ0v) is 20.2. The maximum absolute atomic E-state index is 12.9. The molecular formula is C27H35N5O2. The van der Waals surface area contributed by atoms with Crippen LogP contribution in [-0.4, -0.2) is 58.2 Å². The summed E-state index contributed by atoms with van der Waals surface area (Å²) in [5.41, 5.74) is 2.98. The summed E-state index contributed by atoms with van der Waals surface area (Å²) in [6, 6.07) is 10.3. The van der Waals surface area contributed by atoms with Gasteiger partial charge in [0.1, 0.15) is 11.3 Å². The lowest BCUT2D eigenvalue weighted by Crippen LogP contribution is -2.44. The van der Waals surface area contributed by atoms with Crippen LogP contribution >= 0.6 is 0 Å². The molecule has 1 amide bonds. The van der Waals surface area contributed by atoms with Crippen LogP contribution in [0.2, 0.25) is 0 Å². The van der Waals surface area contributed by atoms with Gasteiger partial charge in [-0.1, -0.05) is 13.3 Å². The molecule has 0 bridgehead atoms. The number of aromatic nitrogens is 3. The number of piperidine rings is 2. The number of amides is 1. The number of rotatable bonds is 7. The Balaban J connectivity index is 1.27. The Kier molecular flexibility index (Phi) is 6.97. The Labute approximate surface area is 201 Å². The van der Waals surface area contributed by atoms with Crippen molar-refractivity contribution in [3.63, 3.8) is 0 Å². The Morgan fingerprint density at radius 3 is 2.56 bits per heavy atom. The van der Waals surface area contributed by atoms with Crippen LogP contribution in [-0.2, 0) is 4.79 Å². The normalized spacial score (nSPS) is 17.3. The van der Waals surface area contributed by atoms with Gasteiger partial charge in [-0.25, -0.2) is 9.50 Å². The molecular weight excluding hydrogens is 426 g/mol. The number of benzene rings is 1. The SMILES string of the molecule is CCCCOc1ccc(-c2cc3c(N4CCC(C(=O)N5CCCCC5)CC4)nccn3n2)cc1. The second-order valence-electron chi connectivity index (χ2n) is 9.48. The molecule has 3 aromatic rings. The van der Waals surface area contributed by atoms with Gasteiger partial charge in [0.25, 0.3) is 0 Å². The monoisotopic (exact) mass is 461 g/mol. The fourth-order valence-electron chi connectivity index (χ4n) is 5.06. The minimum atomic E-state index is 0.146. The summed E-state index contributed by atoms with van der Waals surface area (Å²) in [6.45, 7) is 6.48. The summed E-state index contributed by atoms with van der Waals surface area (Å²) in [4.78, 5) is 22.0. The first-order valence-corrected chi connectivity index (χ1v) is 12.8. The maximum Gasteiger partial charge on any atom is 0.225 e. The van der Waals surface area contributed by atoms with Crippen molar-refractivity contribution in [2.75, 3.05) is 37.7 Å². The van der Waals surface area contributed by atoms with Crippen LogP contribution in [0.5, 0.6) is 5.75 Å². The number of anilines is 1. The zero-order valence-electron chi connectivity index (χ0n) is 20.2. The predicted octanol–water partition coefficient (Wildman–Crippen LogP) is 4.80. The molecule has 5 rings (SSSR count). The molecule has 0 atom stereocenters. The second-order valence-corrected chi connectivity index (χ2v) is 9.48. The number of unbranched alkanes of at least 4 members (excludes halogenated alkanes) is 1. The van der Waals surface area contributed by atoms with Gasteiger partial charge in [0, 0.05) is 50.1 Å². The first-order valence-electron chi connectivity index (χ1n) is 12.8. The quantitative estimate of drug-likeness (QED) is 0.473. The van der Waals surface area contributed by atoms with Crippen LogP contribution < -0.4 is 9.64 Å². The summed E-state index contributed by atoms with van der Waals surface area (Å²) in [5.74, 6) is 2.35. The van der Waals surface area contributed by atoms with Crippen molar-refractivity contribution >= 4 is 17.2 Å². The molecule has 2 aromatic heterocycles. The molecule has 7 nitrogen and oxygen atoms in total. The highest BCUT2D eigenvalue weighted by Gasteiger charge is 2.30. The van der Waals surface area contributed by atoms with E-state index in [-0.39, 0.29) is 5.92 Å². The highest BCUT2D eigenvalue weighted by Crippen LogP contribution is 2.30. The highest BCUT2D eigenvalue weighted by molar-refractivity contribution is 5.80. The van der Waals surface area contributed by atoms with Gasteiger partial charge in [-0.15, -0.1) is 0 Å². The van der Waals surface area contributed by atoms with E-state index in [9.17, 15) is 4.79 Å². The number of hydrogen-bond acceptors (Lipinski definition) is 5. The van der Waals surface area contributed by atoms with E-state index in [2.05, 4.69) is 34.9 Å². The van der Waals surface area contributed by atoms with Gasteiger partial charge in [0.05, 0.1) is 12.3 Å². The van der Waals surface area contributed by atoms with Crippen molar-refractivity contribution in [2.45, 2.75) is 51.9 Å². The molecule has 2 fully saturated rings. The van der Waals surface area contributed by atoms with Crippen LogP contribution in [0.3, 0.4) is 0 Å². The summed E-state index contributed by atoms with van der Waals surface area (Å²) >= 11 is 0. The summed E-state index contributed by atoms with van der Waals surface area (Å²) in [5, 5.41) is 4.80. The third-order valence-corrected chi connectivity index (χ3v) is 7.10. The molecule has 2 aliphatic heterocycles. The van der Waals surface area contributed by atoms with Gasteiger partial charge in [0.15, 0.2) is 5.82 Å². The summed E-state index contributed by atoms with van der Waals surface area (Å²) in [7, 11) is 0. The fraction of sp³-hybridized carbons (Fsp3) is 0.519. The van der Waals surface area contributed by atoms with E-state index in [1.54, 1.807) is 0 Å². The standard InChI is InChI=1S/C27H35N5O2/c1-2-3-19-34-23-9-7-21(8-10-23)24-20-25-26(28-13-18-32(25)29-24)30-16-11-22(12-17-30)27(33)31-14-5-4-6-15-31/h7-10,13,18,20,22H,2-6,11-12,14-17,19H2,1H3. The number of carbonyl (C=O) groups is 1. The molecule has 0 spiro atoms. The van der Waals surface area contributed by atoms with Crippen molar-refractivity contribution in [1.82, 2.24) is 19.5 Å². The summed E-state index contributed by atoms with van der Waals surface area (Å²) < 4.78 is 7.70. The van der Waals surface area contributed by atoms with Gasteiger partial charge >= 0.3 is 0 Å². The Morgan fingerprint density at radius 1 is 1.06 bits per heavy atom. The first kappa shape index (κ1) is 22.7. The van der Waals surface area contributed by atoms with E-state index < -0.39 is 0 Å². The van der Waals surface area contributed by atoms with Crippen LogP contribution in [0.15, 0.2) is 42.7 Å². The Morgan fingerprint density at radius 2 is 1.82 bits per heavy atom. The molecule has 0 saturated carbocycles. The molecule has 2 saturated heterocycles. The van der Waals surface area contributed by atoms with E-state index in [0.29, 0.717) is 5.91 Å². The average molecular weight is 462 g/mol. The number of carbonyl (C=O) groups excluding carboxylic acids is 1. The van der Waals surface area contributed by atoms with E-state index in [1.807, 2.05) is 29.0 Å². The van der Waals surface area contributed by atoms with Crippen molar-refractivity contribution in [3.8, 4) is 17.0 Å². The average Bonchev–Trinajstić information content (AvgIpc) is 3.34. The van der Waals surface area contributed by atoms with E-state index in [1.165, 1.54) is 6.42 Å². The molecule has 0 unspecified atom stereocenters. The lowest BCUT2D eigenvalue weighted by atomic mass is 9.94. The Bertz CT molecular complexity index is 1100.